The van der Waals surface area contributed by atoms with Gasteiger partial charge >= 0.3 is 0 Å². The van der Waals surface area contributed by atoms with Crippen LogP contribution in [0.3, 0.4) is 0 Å². The fraction of sp³-hybridized carbons (Fsp3) is 0.379. The SMILES string of the molecule is N=C(N)N1CC=C(c2ccc(NC(=O)C34CCC(C(=O)Nc5ccc(N=C(N)N)cc5)(CC3)CC4)cc2)CC1. The molecule has 0 aromatic heterocycles. The molecule has 39 heavy (non-hydrogen) atoms. The maximum absolute atomic E-state index is 13.4. The summed E-state index contributed by atoms with van der Waals surface area (Å²) < 4.78 is 0. The van der Waals surface area contributed by atoms with Crippen LogP contribution in [0, 0.1) is 16.2 Å². The molecule has 2 aromatic rings. The second-order valence-electron chi connectivity index (χ2n) is 10.9. The zero-order valence-electron chi connectivity index (χ0n) is 22.0. The summed E-state index contributed by atoms with van der Waals surface area (Å²) in [5.41, 5.74) is 20.0. The van der Waals surface area contributed by atoms with Crippen LogP contribution in [0.25, 0.3) is 5.57 Å². The average molecular weight is 529 g/mol. The standard InChI is InChI=1S/C29H36N8O2/c30-26(31)36-23-7-5-22(6-8-23)35-25(39)29-14-11-28(12-15-29,13-16-29)24(38)34-21-3-1-19(2-4-21)20-9-17-37(18-10-20)27(32)33/h1-9H,10-18H2,(H3,32,33)(H,34,38)(H,35,39)(H4,30,31,36). The number of nitrogens with two attached hydrogens (primary N) is 3. The predicted octanol–water partition coefficient (Wildman–Crippen LogP) is 3.49. The van der Waals surface area contributed by atoms with Crippen LogP contribution < -0.4 is 27.8 Å². The first kappa shape index (κ1) is 26.3. The summed E-state index contributed by atoms with van der Waals surface area (Å²) in [6, 6.07) is 15.0. The van der Waals surface area contributed by atoms with Crippen molar-refractivity contribution in [1.82, 2.24) is 4.90 Å². The number of rotatable bonds is 6. The molecule has 204 valence electrons. The molecule has 0 spiro atoms. The third-order valence-corrected chi connectivity index (χ3v) is 8.66. The van der Waals surface area contributed by atoms with Gasteiger partial charge in [0.1, 0.15) is 0 Å². The van der Waals surface area contributed by atoms with Crippen LogP contribution in [0.4, 0.5) is 17.1 Å². The van der Waals surface area contributed by atoms with Gasteiger partial charge in [0.05, 0.1) is 5.69 Å². The molecule has 0 atom stereocenters. The van der Waals surface area contributed by atoms with Gasteiger partial charge in [-0.3, -0.25) is 15.0 Å². The normalized spacial score (nSPS) is 23.9. The lowest BCUT2D eigenvalue weighted by Crippen LogP contribution is -2.52. The van der Waals surface area contributed by atoms with Crippen molar-refractivity contribution >= 4 is 46.4 Å². The zero-order chi connectivity index (χ0) is 27.6. The lowest BCUT2D eigenvalue weighted by atomic mass is 9.53. The number of anilines is 2. The van der Waals surface area contributed by atoms with Gasteiger partial charge in [-0.05, 0) is 92.5 Å². The van der Waals surface area contributed by atoms with E-state index in [1.165, 1.54) is 5.57 Å². The van der Waals surface area contributed by atoms with Crippen LogP contribution in [0.2, 0.25) is 0 Å². The molecule has 4 aliphatic rings. The topological polar surface area (TPSA) is 176 Å². The van der Waals surface area contributed by atoms with Crippen molar-refractivity contribution in [3.63, 3.8) is 0 Å². The lowest BCUT2D eigenvalue weighted by molar-refractivity contribution is -0.144. The number of guanidine groups is 2. The molecule has 9 N–H and O–H groups in total. The number of amides is 2. The highest BCUT2D eigenvalue weighted by atomic mass is 16.2. The Morgan fingerprint density at radius 1 is 0.795 bits per heavy atom. The van der Waals surface area contributed by atoms with E-state index in [-0.39, 0.29) is 23.7 Å². The van der Waals surface area contributed by atoms with E-state index < -0.39 is 10.8 Å². The van der Waals surface area contributed by atoms with Gasteiger partial charge in [-0.2, -0.15) is 0 Å². The minimum absolute atomic E-state index is 0.0139. The number of nitrogens with zero attached hydrogens (tertiary/aromatic N) is 2. The number of carbonyl (C=O) groups excluding carboxylic acids is 2. The third kappa shape index (κ3) is 5.45. The molecule has 3 aliphatic carbocycles. The lowest BCUT2D eigenvalue weighted by Gasteiger charge is -2.51. The predicted molar refractivity (Wildman–Crippen MR) is 154 cm³/mol. The van der Waals surface area contributed by atoms with Gasteiger partial charge in [-0.15, -0.1) is 0 Å². The van der Waals surface area contributed by atoms with Crippen LogP contribution in [-0.4, -0.2) is 41.7 Å². The summed E-state index contributed by atoms with van der Waals surface area (Å²) in [5, 5.41) is 13.8. The Morgan fingerprint density at radius 3 is 1.69 bits per heavy atom. The summed E-state index contributed by atoms with van der Waals surface area (Å²) in [5.74, 6) is 0.152. The van der Waals surface area contributed by atoms with E-state index in [9.17, 15) is 9.59 Å². The first-order valence-corrected chi connectivity index (χ1v) is 13.4. The molecule has 0 saturated heterocycles. The quantitative estimate of drug-likeness (QED) is 0.247. The van der Waals surface area contributed by atoms with Gasteiger partial charge in [0.25, 0.3) is 0 Å². The highest BCUT2D eigenvalue weighted by Gasteiger charge is 2.55. The van der Waals surface area contributed by atoms with E-state index in [0.717, 1.165) is 24.2 Å². The molecule has 2 aromatic carbocycles. The van der Waals surface area contributed by atoms with Gasteiger partial charge in [-0.1, -0.05) is 18.2 Å². The molecule has 0 radical (unpaired) electrons. The maximum atomic E-state index is 13.4. The van der Waals surface area contributed by atoms with Crippen molar-refractivity contribution in [1.29, 1.82) is 5.41 Å². The number of hydrogen-bond acceptors (Lipinski definition) is 4. The molecule has 0 unspecified atom stereocenters. The highest BCUT2D eigenvalue weighted by Crippen LogP contribution is 2.57. The molecular weight excluding hydrogens is 492 g/mol. The van der Waals surface area contributed by atoms with Crippen LogP contribution >= 0.6 is 0 Å². The fourth-order valence-electron chi connectivity index (χ4n) is 6.08. The summed E-state index contributed by atoms with van der Waals surface area (Å²) in [7, 11) is 0. The van der Waals surface area contributed by atoms with Crippen molar-refractivity contribution < 1.29 is 9.59 Å². The molecule has 6 rings (SSSR count). The molecule has 1 heterocycles. The first-order chi connectivity index (χ1) is 18.7. The van der Waals surface area contributed by atoms with Gasteiger partial charge in [0.2, 0.25) is 11.8 Å². The maximum Gasteiger partial charge on any atom is 0.230 e. The van der Waals surface area contributed by atoms with Crippen LogP contribution in [0.1, 0.15) is 50.5 Å². The molecule has 10 heteroatoms. The van der Waals surface area contributed by atoms with E-state index in [4.69, 9.17) is 22.6 Å². The fourth-order valence-corrected chi connectivity index (χ4v) is 6.08. The molecular formula is C29H36N8O2. The van der Waals surface area contributed by atoms with Crippen LogP contribution in [0.15, 0.2) is 59.6 Å². The van der Waals surface area contributed by atoms with E-state index in [1.807, 2.05) is 29.2 Å². The minimum atomic E-state index is -0.437. The van der Waals surface area contributed by atoms with Crippen molar-refractivity contribution in [2.75, 3.05) is 23.7 Å². The molecule has 2 amide bonds. The number of hydrogen-bond donors (Lipinski definition) is 6. The molecule has 1 aliphatic heterocycles. The minimum Gasteiger partial charge on any atom is -0.370 e. The second-order valence-corrected chi connectivity index (χ2v) is 10.9. The smallest absolute Gasteiger partial charge is 0.230 e. The summed E-state index contributed by atoms with van der Waals surface area (Å²) in [6.45, 7) is 1.37. The van der Waals surface area contributed by atoms with Crippen molar-refractivity contribution in [2.24, 2.45) is 33.0 Å². The Morgan fingerprint density at radius 2 is 1.28 bits per heavy atom. The molecule has 3 saturated carbocycles. The average Bonchev–Trinajstić information content (AvgIpc) is 2.95. The Bertz CT molecular complexity index is 1300. The number of carbonyl (C=O) groups is 2. The Labute approximate surface area is 228 Å². The highest BCUT2D eigenvalue weighted by molar-refractivity contribution is 5.99. The number of aliphatic imine (C=N–C) groups is 1. The molecule has 2 bridgehead atoms. The first-order valence-electron chi connectivity index (χ1n) is 13.4. The Hall–Kier alpha value is -4.34. The Kier molecular flexibility index (Phi) is 7.03. The van der Waals surface area contributed by atoms with E-state index in [2.05, 4.69) is 21.7 Å². The summed E-state index contributed by atoms with van der Waals surface area (Å²) >= 11 is 0. The van der Waals surface area contributed by atoms with Gasteiger partial charge in [-0.25, -0.2) is 4.99 Å². The summed E-state index contributed by atoms with van der Waals surface area (Å²) in [6.07, 6.45) is 7.13. The second kappa shape index (κ2) is 10.4. The zero-order valence-corrected chi connectivity index (χ0v) is 22.0. The van der Waals surface area contributed by atoms with Crippen LogP contribution in [-0.2, 0) is 9.59 Å². The number of nitrogens with one attached hydrogen (secondary N) is 3. The van der Waals surface area contributed by atoms with Crippen molar-refractivity contribution in [3.8, 4) is 0 Å². The summed E-state index contributed by atoms with van der Waals surface area (Å²) in [4.78, 5) is 32.5. The van der Waals surface area contributed by atoms with Crippen molar-refractivity contribution in [3.05, 3.63) is 60.2 Å². The molecule has 10 nitrogen and oxygen atoms in total. The van der Waals surface area contributed by atoms with Gasteiger partial charge in [0, 0.05) is 35.3 Å². The van der Waals surface area contributed by atoms with Gasteiger partial charge < -0.3 is 32.7 Å². The monoisotopic (exact) mass is 528 g/mol. The number of benzene rings is 2. The molecule has 3 fully saturated rings. The van der Waals surface area contributed by atoms with Gasteiger partial charge in [0.15, 0.2) is 11.9 Å². The van der Waals surface area contributed by atoms with E-state index in [0.29, 0.717) is 56.4 Å². The Balaban J connectivity index is 1.16. The van der Waals surface area contributed by atoms with E-state index >= 15 is 0 Å². The third-order valence-electron chi connectivity index (χ3n) is 8.66. The number of fused-ring (bicyclic) bond motifs is 3. The van der Waals surface area contributed by atoms with E-state index in [1.54, 1.807) is 24.3 Å². The van der Waals surface area contributed by atoms with Crippen molar-refractivity contribution in [2.45, 2.75) is 44.9 Å². The van der Waals surface area contributed by atoms with Crippen LogP contribution in [0.5, 0.6) is 0 Å². The largest absolute Gasteiger partial charge is 0.370 e.